The number of hydrogen-bond donors (Lipinski definition) is 2. The second-order valence-electron chi connectivity index (χ2n) is 14.7. The van der Waals surface area contributed by atoms with Gasteiger partial charge in [0.1, 0.15) is 5.67 Å². The number of piperidine rings is 1. The van der Waals surface area contributed by atoms with E-state index in [1.807, 2.05) is 11.8 Å². The number of halogens is 4. The predicted octanol–water partition coefficient (Wildman–Crippen LogP) is 4.15. The van der Waals surface area contributed by atoms with Gasteiger partial charge in [0, 0.05) is 43.1 Å². The van der Waals surface area contributed by atoms with Gasteiger partial charge in [0.05, 0.1) is 32.0 Å². The number of alkyl halides is 4. The lowest BCUT2D eigenvalue weighted by Gasteiger charge is -2.52. The second-order valence-corrected chi connectivity index (χ2v) is 14.7. The number of nitrogens with zero attached hydrogens (tertiary/aromatic N) is 3. The summed E-state index contributed by atoms with van der Waals surface area (Å²) in [6, 6.07) is -0.0843. The zero-order chi connectivity index (χ0) is 29.2. The summed E-state index contributed by atoms with van der Waals surface area (Å²) in [5, 5.41) is 0. The maximum absolute atomic E-state index is 14.5. The molecule has 2 N–H and O–H groups in total. The van der Waals surface area contributed by atoms with E-state index in [1.54, 1.807) is 6.92 Å². The van der Waals surface area contributed by atoms with E-state index in [4.69, 9.17) is 4.74 Å². The second kappa shape index (κ2) is 11.2. The highest BCUT2D eigenvalue weighted by Gasteiger charge is 2.59. The molecule has 4 aliphatic heterocycles. The SMILES string of the molecule is C[C@H](C1CC2C(=O)N(C3CCCC(C4(CC5NNCN5C)COC4)C3)CC2C(C(F)(F)F)C1)N1CCC(C)(F)CC1. The van der Waals surface area contributed by atoms with Crippen LogP contribution in [0.25, 0.3) is 0 Å². The molecule has 0 aromatic rings. The van der Waals surface area contributed by atoms with Crippen molar-refractivity contribution in [3.8, 4) is 0 Å². The molecule has 1 amide bonds. The Labute approximate surface area is 242 Å². The Morgan fingerprint density at radius 2 is 1.85 bits per heavy atom. The van der Waals surface area contributed by atoms with E-state index in [-0.39, 0.29) is 48.5 Å². The average molecular weight is 588 g/mol. The van der Waals surface area contributed by atoms with E-state index in [0.717, 1.165) is 38.8 Å². The smallest absolute Gasteiger partial charge is 0.380 e. The fourth-order valence-electron chi connectivity index (χ4n) is 9.23. The molecule has 7 unspecified atom stereocenters. The van der Waals surface area contributed by atoms with Gasteiger partial charge in [-0.25, -0.2) is 15.2 Å². The van der Waals surface area contributed by atoms with Gasteiger partial charge in [0.15, 0.2) is 0 Å². The first-order valence-electron chi connectivity index (χ1n) is 15.9. The molecule has 8 atom stereocenters. The fraction of sp³-hybridized carbons (Fsp3) is 0.967. The van der Waals surface area contributed by atoms with Crippen LogP contribution in [0.2, 0.25) is 0 Å². The van der Waals surface area contributed by atoms with Crippen molar-refractivity contribution in [3.63, 3.8) is 0 Å². The minimum atomic E-state index is -4.33. The number of amides is 1. The molecule has 4 saturated heterocycles. The zero-order valence-electron chi connectivity index (χ0n) is 24.9. The van der Waals surface area contributed by atoms with Crippen molar-refractivity contribution in [3.05, 3.63) is 0 Å². The normalized spacial score (nSPS) is 40.8. The summed E-state index contributed by atoms with van der Waals surface area (Å²) in [5.41, 5.74) is 5.42. The Hall–Kier alpha value is -1.01. The number of hydrogen-bond acceptors (Lipinski definition) is 6. The van der Waals surface area contributed by atoms with Crippen molar-refractivity contribution < 1.29 is 27.1 Å². The van der Waals surface area contributed by atoms with Crippen LogP contribution in [0.5, 0.6) is 0 Å². The molecule has 2 saturated carbocycles. The van der Waals surface area contributed by atoms with Crippen LogP contribution in [0.15, 0.2) is 0 Å². The molecule has 2 aliphatic carbocycles. The lowest BCUT2D eigenvalue weighted by atomic mass is 9.64. The molecule has 7 nitrogen and oxygen atoms in total. The van der Waals surface area contributed by atoms with E-state index < -0.39 is 29.6 Å². The number of likely N-dealkylation sites (tertiary alicyclic amines) is 2. The first-order chi connectivity index (χ1) is 19.4. The third kappa shape index (κ3) is 5.79. The largest absolute Gasteiger partial charge is 0.392 e. The van der Waals surface area contributed by atoms with Gasteiger partial charge in [-0.2, -0.15) is 13.2 Å². The van der Waals surface area contributed by atoms with Crippen LogP contribution >= 0.6 is 0 Å². The summed E-state index contributed by atoms with van der Waals surface area (Å²) in [6.45, 7) is 7.17. The lowest BCUT2D eigenvalue weighted by Crippen LogP contribution is -2.56. The van der Waals surface area contributed by atoms with Gasteiger partial charge in [0.25, 0.3) is 0 Å². The van der Waals surface area contributed by atoms with Crippen molar-refractivity contribution in [2.24, 2.45) is 35.0 Å². The van der Waals surface area contributed by atoms with Crippen molar-refractivity contribution >= 4 is 5.91 Å². The maximum Gasteiger partial charge on any atom is 0.392 e. The Kier molecular flexibility index (Phi) is 8.18. The summed E-state index contributed by atoms with van der Waals surface area (Å²) in [4.78, 5) is 20.2. The summed E-state index contributed by atoms with van der Waals surface area (Å²) < 4.78 is 63.8. The van der Waals surface area contributed by atoms with Crippen LogP contribution in [0.1, 0.15) is 71.6 Å². The zero-order valence-corrected chi connectivity index (χ0v) is 24.9. The molecule has 0 bridgehead atoms. The number of ether oxygens (including phenoxy) is 1. The van der Waals surface area contributed by atoms with Crippen LogP contribution in [0.3, 0.4) is 0 Å². The Bertz CT molecular complexity index is 952. The van der Waals surface area contributed by atoms with Crippen LogP contribution in [-0.2, 0) is 9.53 Å². The van der Waals surface area contributed by atoms with Gasteiger partial charge < -0.3 is 14.5 Å². The van der Waals surface area contributed by atoms with Gasteiger partial charge in [-0.15, -0.1) is 0 Å². The molecule has 6 aliphatic rings. The number of carbonyl (C=O) groups is 1. The molecule has 6 fully saturated rings. The van der Waals surface area contributed by atoms with Crippen LogP contribution in [0.4, 0.5) is 17.6 Å². The highest BCUT2D eigenvalue weighted by molar-refractivity contribution is 5.82. The van der Waals surface area contributed by atoms with Crippen molar-refractivity contribution in [1.29, 1.82) is 0 Å². The van der Waals surface area contributed by atoms with Gasteiger partial charge in [-0.3, -0.25) is 9.69 Å². The molecule has 6 rings (SSSR count). The topological polar surface area (TPSA) is 60.1 Å². The monoisotopic (exact) mass is 587 g/mol. The predicted molar refractivity (Wildman–Crippen MR) is 147 cm³/mol. The standard InChI is InChI=1S/C30H49F4N5O2/c1-19(38-9-7-28(2,31)8-10-38)20-11-23-24(25(12-20)30(32,33)34)15-39(27(23)40)22-6-4-5-21(13-22)29(16-41-17-29)14-26-36-35-18-37(26)3/h19-26,35-36H,4-18H2,1-3H3/t19-,20?,21?,22?,23?,24?,25?,26?/m1/s1. The molecule has 0 aromatic carbocycles. The average Bonchev–Trinajstić information content (AvgIpc) is 3.46. The molecule has 4 heterocycles. The summed E-state index contributed by atoms with van der Waals surface area (Å²) in [5.74, 6) is -2.56. The third-order valence-corrected chi connectivity index (χ3v) is 12.1. The minimum absolute atomic E-state index is 0.00537. The van der Waals surface area contributed by atoms with Gasteiger partial charge >= 0.3 is 6.18 Å². The third-order valence-electron chi connectivity index (χ3n) is 12.1. The number of rotatable bonds is 6. The Balaban J connectivity index is 1.15. The number of carbonyl (C=O) groups excluding carboxylic acids is 1. The molecule has 234 valence electrons. The number of nitrogens with one attached hydrogen (secondary N) is 2. The highest BCUT2D eigenvalue weighted by Crippen LogP contribution is 2.53. The Morgan fingerprint density at radius 3 is 2.46 bits per heavy atom. The van der Waals surface area contributed by atoms with Gasteiger partial charge in [0.2, 0.25) is 5.91 Å². The van der Waals surface area contributed by atoms with E-state index >= 15 is 0 Å². The first-order valence-corrected chi connectivity index (χ1v) is 15.9. The van der Waals surface area contributed by atoms with Crippen LogP contribution in [0, 0.1) is 35.0 Å². The van der Waals surface area contributed by atoms with E-state index in [1.165, 1.54) is 0 Å². The lowest BCUT2D eigenvalue weighted by molar-refractivity contribution is -0.206. The quantitative estimate of drug-likeness (QED) is 0.456. The van der Waals surface area contributed by atoms with Crippen molar-refractivity contribution in [1.82, 2.24) is 25.6 Å². The minimum Gasteiger partial charge on any atom is -0.380 e. The summed E-state index contributed by atoms with van der Waals surface area (Å²) in [6.07, 6.45) is 2.05. The molecular weight excluding hydrogens is 538 g/mol. The molecule has 0 aromatic heterocycles. The van der Waals surface area contributed by atoms with Crippen molar-refractivity contribution in [2.45, 2.75) is 102 Å². The van der Waals surface area contributed by atoms with E-state index in [2.05, 4.69) is 27.7 Å². The number of fused-ring (bicyclic) bond motifs is 1. The molecule has 41 heavy (non-hydrogen) atoms. The fourth-order valence-corrected chi connectivity index (χ4v) is 9.23. The molecular formula is C30H49F4N5O2. The molecule has 11 heteroatoms. The maximum atomic E-state index is 14.5. The van der Waals surface area contributed by atoms with Crippen LogP contribution in [-0.4, -0.2) is 97.3 Å². The highest BCUT2D eigenvalue weighted by atomic mass is 19.4. The molecule has 0 radical (unpaired) electrons. The van der Waals surface area contributed by atoms with Gasteiger partial charge in [-0.1, -0.05) is 6.42 Å². The molecule has 0 spiro atoms. The van der Waals surface area contributed by atoms with Gasteiger partial charge in [-0.05, 0) is 90.0 Å². The van der Waals surface area contributed by atoms with E-state index in [0.29, 0.717) is 51.5 Å². The van der Waals surface area contributed by atoms with Crippen molar-refractivity contribution in [2.75, 3.05) is 46.6 Å². The summed E-state index contributed by atoms with van der Waals surface area (Å²) >= 11 is 0. The first kappa shape index (κ1) is 30.0. The number of hydrazine groups is 1. The summed E-state index contributed by atoms with van der Waals surface area (Å²) in [7, 11) is 2.09. The van der Waals surface area contributed by atoms with Crippen LogP contribution < -0.4 is 10.9 Å². The van der Waals surface area contributed by atoms with E-state index in [9.17, 15) is 22.4 Å². The Morgan fingerprint density at radius 1 is 1.12 bits per heavy atom.